The lowest BCUT2D eigenvalue weighted by atomic mass is 9.85. The molecule has 0 saturated heterocycles. The van der Waals surface area contributed by atoms with Gasteiger partial charge in [0.1, 0.15) is 58.8 Å². The van der Waals surface area contributed by atoms with Crippen molar-refractivity contribution in [2.24, 2.45) is 0 Å². The minimum atomic E-state index is -1.91. The number of halogens is 2. The van der Waals surface area contributed by atoms with Crippen molar-refractivity contribution in [3.63, 3.8) is 0 Å². The Morgan fingerprint density at radius 3 is 2.06 bits per heavy atom. The first-order chi connectivity index (χ1) is 39.2. The average Bonchev–Trinajstić information content (AvgIpc) is 2.59. The summed E-state index contributed by atoms with van der Waals surface area (Å²) in [6.45, 7) is 1.16. The Balaban J connectivity index is 1.13. The zero-order valence-corrected chi connectivity index (χ0v) is 44.6. The number of nitrogens with one attached hydrogen (secondary N) is 4. The lowest BCUT2D eigenvalue weighted by Crippen LogP contribution is -2.51. The number of phenolic OH excluding ortho intramolecular Hbond substituents is 6. The largest absolute Gasteiger partial charge is 0.508 e. The van der Waals surface area contributed by atoms with Gasteiger partial charge in [-0.05, 0) is 125 Å². The molecule has 11 N–H and O–H groups in total. The minimum Gasteiger partial charge on any atom is -0.508 e. The number of hydrogen-bond acceptors (Lipinski definition) is 16. The molecule has 4 amide bonds. The van der Waals surface area contributed by atoms with E-state index in [0.717, 1.165) is 6.07 Å². The zero-order valence-electron chi connectivity index (χ0n) is 43.1. The summed E-state index contributed by atoms with van der Waals surface area (Å²) in [7, 11) is 0. The Bertz CT molecular complexity index is 3770. The van der Waals surface area contributed by atoms with Gasteiger partial charge in [-0.25, -0.2) is 0 Å². The molecular formula is C60H50Cl2N4O16. The fraction of sp³-hybridized carbons (Fsp3) is 0.233. The van der Waals surface area contributed by atoms with Crippen LogP contribution in [-0.2, 0) is 35.3 Å². The number of hydrogen-bond donors (Lipinski definition) is 11. The number of fused-ring (bicyclic) bond motifs is 13. The maximum Gasteiger partial charge on any atom is 0.245 e. The molecule has 6 heterocycles. The topological polar surface area (TPSA) is 320 Å². The van der Waals surface area contributed by atoms with Gasteiger partial charge in [-0.15, -0.1) is 11.6 Å². The minimum absolute atomic E-state index is 0.00524. The zero-order chi connectivity index (χ0) is 58.0. The highest BCUT2D eigenvalue weighted by molar-refractivity contribution is 6.32. The third kappa shape index (κ3) is 10.7. The normalized spacial score (nSPS) is 24.4. The maximum atomic E-state index is 15.8. The fourth-order valence-corrected chi connectivity index (χ4v) is 11.3. The van der Waals surface area contributed by atoms with Crippen LogP contribution in [0.15, 0.2) is 121 Å². The number of phenols is 6. The summed E-state index contributed by atoms with van der Waals surface area (Å²) < 4.78 is 18.8. The number of Topliss-reactive ketones (excluding diaryl/α,β-unsaturated/α-hetero) is 2. The van der Waals surface area contributed by atoms with E-state index in [1.807, 2.05) is 0 Å². The van der Waals surface area contributed by atoms with E-state index in [9.17, 15) is 45.3 Å². The summed E-state index contributed by atoms with van der Waals surface area (Å²) in [5.74, 6) is -13.4. The number of aromatic hydroxyl groups is 6. The lowest BCUT2D eigenvalue weighted by Gasteiger charge is -2.30. The van der Waals surface area contributed by atoms with Gasteiger partial charge in [0, 0.05) is 42.6 Å². The summed E-state index contributed by atoms with van der Waals surface area (Å²) in [5, 5.41) is 89.3. The van der Waals surface area contributed by atoms with Gasteiger partial charge in [-0.2, -0.15) is 0 Å². The van der Waals surface area contributed by atoms with Crippen LogP contribution < -0.4 is 35.5 Å². The smallest absolute Gasteiger partial charge is 0.245 e. The van der Waals surface area contributed by atoms with Crippen LogP contribution in [0.4, 0.5) is 0 Å². The summed E-state index contributed by atoms with van der Waals surface area (Å²) in [6, 6.07) is 15.3. The molecule has 9 atom stereocenters. The molecule has 0 spiro atoms. The van der Waals surface area contributed by atoms with Gasteiger partial charge in [0.05, 0.1) is 34.2 Å². The summed E-state index contributed by atoms with van der Waals surface area (Å²) in [6.07, 6.45) is 0.124. The molecule has 9 unspecified atom stereocenters. The quantitative estimate of drug-likeness (QED) is 0.0656. The standard InChI is InChI=1S/C60H50Cl2N4O16/c1-25-27-3-7-43(70)49(17-27)80-35-14-30(12-33(67)20-35)37-22-44(71)41(64-57(25)76)11-26-2-8-47(39(61)10-26)81-50-18-31-19-51(56(50)75)82-48-9-5-29(16-40(48)62)55(74)54-60(79)63-24-32-13-34(68)21-45(72)52(32)38-15-28(4-6-42(38)69)36(58(77)66-54)23-46(73)53(31)65-59(37)78/h2-10,12-21,25,36-37,39,41,47,53-55,67-70,72,74-75H,11,22-24H2,1H3,(H,63,79)(H,64,76)(H,65,78)(H,66,77). The Kier molecular flexibility index (Phi) is 14.5. The molecule has 82 heavy (non-hydrogen) atoms. The molecule has 17 bridgehead atoms. The Morgan fingerprint density at radius 1 is 0.585 bits per heavy atom. The highest BCUT2D eigenvalue weighted by Gasteiger charge is 2.40. The number of alkyl halides is 1. The maximum absolute atomic E-state index is 15.8. The van der Waals surface area contributed by atoms with Crippen LogP contribution in [0.1, 0.15) is 89.5 Å². The van der Waals surface area contributed by atoms with E-state index in [-0.39, 0.29) is 79.1 Å². The molecule has 13 rings (SSSR count). The summed E-state index contributed by atoms with van der Waals surface area (Å²) in [5.41, 5.74) is 0.611. The molecule has 6 aliphatic heterocycles. The molecule has 0 aromatic heterocycles. The van der Waals surface area contributed by atoms with Gasteiger partial charge in [-0.1, -0.05) is 42.0 Å². The average molecular weight is 1150 g/mol. The van der Waals surface area contributed by atoms with Crippen molar-refractivity contribution < 1.29 is 78.7 Å². The van der Waals surface area contributed by atoms with Crippen molar-refractivity contribution in [3.05, 3.63) is 159 Å². The predicted octanol–water partition coefficient (Wildman–Crippen LogP) is 7.49. The van der Waals surface area contributed by atoms with Crippen LogP contribution >= 0.6 is 23.2 Å². The van der Waals surface area contributed by atoms with Crippen LogP contribution in [-0.4, -0.2) is 94.5 Å². The number of carbonyl (C=O) groups excluding carboxylic acids is 6. The first-order valence-electron chi connectivity index (χ1n) is 25.8. The molecule has 6 aromatic carbocycles. The van der Waals surface area contributed by atoms with Crippen LogP contribution in [0, 0.1) is 0 Å². The number of ether oxygens (including phenoxy) is 3. The van der Waals surface area contributed by atoms with E-state index >= 15 is 19.2 Å². The van der Waals surface area contributed by atoms with Crippen molar-refractivity contribution in [1.82, 2.24) is 21.3 Å². The highest BCUT2D eigenvalue weighted by atomic mass is 35.5. The summed E-state index contributed by atoms with van der Waals surface area (Å²) >= 11 is 13.9. The first kappa shape index (κ1) is 54.7. The van der Waals surface area contributed by atoms with E-state index in [2.05, 4.69) is 21.3 Å². The number of allylic oxidation sites excluding steroid dienone is 1. The van der Waals surface area contributed by atoms with Crippen LogP contribution in [0.2, 0.25) is 5.02 Å². The Labute approximate surface area is 476 Å². The third-order valence-corrected chi connectivity index (χ3v) is 15.9. The fourth-order valence-electron chi connectivity index (χ4n) is 10.8. The molecular weight excluding hydrogens is 1100 g/mol. The number of aliphatic hydroxyl groups is 1. The van der Waals surface area contributed by atoms with Crippen molar-refractivity contribution in [1.29, 1.82) is 0 Å². The van der Waals surface area contributed by atoms with Crippen molar-refractivity contribution in [3.8, 4) is 74.4 Å². The van der Waals surface area contributed by atoms with E-state index in [0.29, 0.717) is 11.1 Å². The third-order valence-electron chi connectivity index (χ3n) is 15.2. The van der Waals surface area contributed by atoms with Crippen LogP contribution in [0.5, 0.6) is 63.2 Å². The van der Waals surface area contributed by atoms with E-state index < -0.39 is 143 Å². The number of carbonyl (C=O) groups is 6. The van der Waals surface area contributed by atoms with Gasteiger partial charge < -0.3 is 71.2 Å². The predicted molar refractivity (Wildman–Crippen MR) is 293 cm³/mol. The van der Waals surface area contributed by atoms with Crippen molar-refractivity contribution >= 4 is 58.4 Å². The van der Waals surface area contributed by atoms with Crippen molar-refractivity contribution in [2.45, 2.75) is 86.2 Å². The summed E-state index contributed by atoms with van der Waals surface area (Å²) in [4.78, 5) is 90.0. The van der Waals surface area contributed by atoms with Gasteiger partial charge in [-0.3, -0.25) is 28.8 Å². The molecule has 0 radical (unpaired) electrons. The molecule has 0 saturated carbocycles. The van der Waals surface area contributed by atoms with E-state index in [1.54, 1.807) is 25.2 Å². The second-order valence-corrected chi connectivity index (χ2v) is 21.6. The number of benzene rings is 6. The van der Waals surface area contributed by atoms with Gasteiger partial charge >= 0.3 is 0 Å². The molecule has 20 nitrogen and oxygen atoms in total. The Morgan fingerprint density at radius 2 is 1.28 bits per heavy atom. The van der Waals surface area contributed by atoms with Gasteiger partial charge in [0.25, 0.3) is 0 Å². The number of aliphatic hydroxyl groups excluding tert-OH is 1. The van der Waals surface area contributed by atoms with Gasteiger partial charge in [0.2, 0.25) is 29.4 Å². The van der Waals surface area contributed by atoms with E-state index in [1.165, 1.54) is 91.0 Å². The Hall–Kier alpha value is -9.24. The molecule has 0 fully saturated rings. The SMILES string of the molecule is CC1C(=O)NC2CC3=CC(Cl)C(C=C3)Oc3cc4cc(c3O)Oc3ccc(cc3Cl)C(O)C3NC(=O)C(CC(=O)C4NC(=O)C(CC2=O)c2cc(O)cc(c2)Oc2cc1ccc2O)c1ccc(O)c(c1)-c1c(O)cc(O)cc1CNC3=O. The molecule has 22 heteroatoms. The van der Waals surface area contributed by atoms with Crippen molar-refractivity contribution in [2.75, 3.05) is 0 Å². The molecule has 7 aliphatic rings. The highest BCUT2D eigenvalue weighted by Crippen LogP contribution is 2.47. The van der Waals surface area contributed by atoms with Gasteiger partial charge in [0.15, 0.2) is 34.6 Å². The molecule has 420 valence electrons. The number of ketones is 2. The van der Waals surface area contributed by atoms with E-state index in [4.69, 9.17) is 37.4 Å². The monoisotopic (exact) mass is 1150 g/mol. The molecule has 1 aliphatic carbocycles. The molecule has 6 aromatic rings. The second kappa shape index (κ2) is 21.7. The number of rotatable bonds is 0. The first-order valence-corrected chi connectivity index (χ1v) is 26.7. The van der Waals surface area contributed by atoms with Crippen LogP contribution in [0.25, 0.3) is 11.1 Å². The van der Waals surface area contributed by atoms with Crippen LogP contribution in [0.3, 0.4) is 0 Å². The number of amides is 4. The lowest BCUT2D eigenvalue weighted by molar-refractivity contribution is -0.134. The second-order valence-electron chi connectivity index (χ2n) is 20.7.